The number of nitrogens with zero attached hydrogens (tertiary/aromatic N) is 2. The minimum Gasteiger partial charge on any atom is -0.490 e. The molecule has 0 fully saturated rings. The number of hydrazone groups is 1. The van der Waals surface area contributed by atoms with Crippen molar-refractivity contribution in [1.29, 1.82) is 0 Å². The van der Waals surface area contributed by atoms with Crippen LogP contribution >= 0.6 is 0 Å². The fourth-order valence-corrected chi connectivity index (χ4v) is 2.48. The van der Waals surface area contributed by atoms with E-state index in [0.717, 1.165) is 22.1 Å². The molecule has 0 radical (unpaired) electrons. The third-order valence-corrected chi connectivity index (χ3v) is 3.58. The van der Waals surface area contributed by atoms with Gasteiger partial charge in [0, 0.05) is 18.0 Å². The molecule has 0 bridgehead atoms. The van der Waals surface area contributed by atoms with Gasteiger partial charge in [0.25, 0.3) is 5.91 Å². The molecule has 1 aromatic heterocycles. The van der Waals surface area contributed by atoms with Crippen molar-refractivity contribution in [3.8, 4) is 5.75 Å². The number of hydrogen-bond acceptors (Lipinski definition) is 4. The second-order valence-corrected chi connectivity index (χ2v) is 5.81. The van der Waals surface area contributed by atoms with Crippen LogP contribution in [0.15, 0.2) is 66.0 Å². The van der Waals surface area contributed by atoms with E-state index in [9.17, 15) is 4.79 Å². The molecular formula is C20H19N3O2. The third kappa shape index (κ3) is 4.01. The largest absolute Gasteiger partial charge is 0.490 e. The first-order valence-electron chi connectivity index (χ1n) is 8.07. The number of ether oxygens (including phenoxy) is 1. The molecule has 25 heavy (non-hydrogen) atoms. The lowest BCUT2D eigenvalue weighted by Crippen LogP contribution is -2.17. The first-order valence-corrected chi connectivity index (χ1v) is 8.07. The van der Waals surface area contributed by atoms with E-state index in [1.165, 1.54) is 6.20 Å². The predicted octanol–water partition coefficient (Wildman–Crippen LogP) is 3.79. The van der Waals surface area contributed by atoms with Gasteiger partial charge >= 0.3 is 0 Å². The molecule has 1 heterocycles. The number of fused-ring (bicyclic) bond motifs is 1. The molecule has 0 aliphatic heterocycles. The van der Waals surface area contributed by atoms with Gasteiger partial charge in [0.05, 0.1) is 17.9 Å². The second-order valence-electron chi connectivity index (χ2n) is 5.81. The summed E-state index contributed by atoms with van der Waals surface area (Å²) in [6, 6.07) is 15.3. The molecule has 2 aromatic carbocycles. The molecular weight excluding hydrogens is 314 g/mol. The zero-order chi connectivity index (χ0) is 17.6. The molecule has 0 aliphatic carbocycles. The first-order chi connectivity index (χ1) is 12.1. The molecule has 3 aromatic rings. The minimum absolute atomic E-state index is 0.0401. The highest BCUT2D eigenvalue weighted by atomic mass is 16.5. The van der Waals surface area contributed by atoms with Crippen LogP contribution in [-0.4, -0.2) is 23.2 Å². The van der Waals surface area contributed by atoms with Crippen molar-refractivity contribution in [3.05, 3.63) is 72.1 Å². The van der Waals surface area contributed by atoms with Crippen LogP contribution < -0.4 is 10.2 Å². The van der Waals surface area contributed by atoms with Gasteiger partial charge in [0.1, 0.15) is 5.75 Å². The van der Waals surface area contributed by atoms with Crippen molar-refractivity contribution < 1.29 is 9.53 Å². The molecule has 5 heteroatoms. The van der Waals surface area contributed by atoms with Gasteiger partial charge in [0.15, 0.2) is 0 Å². The van der Waals surface area contributed by atoms with E-state index in [0.29, 0.717) is 5.56 Å². The Balaban J connectivity index is 1.89. The van der Waals surface area contributed by atoms with E-state index >= 15 is 0 Å². The number of amides is 1. The fourth-order valence-electron chi connectivity index (χ4n) is 2.48. The molecule has 1 N–H and O–H groups in total. The molecule has 126 valence electrons. The molecule has 0 aliphatic rings. The molecule has 0 saturated carbocycles. The van der Waals surface area contributed by atoms with Crippen LogP contribution in [0.1, 0.15) is 29.8 Å². The molecule has 0 atom stereocenters. The summed E-state index contributed by atoms with van der Waals surface area (Å²) in [5, 5.41) is 6.20. The van der Waals surface area contributed by atoms with Crippen LogP contribution in [0.25, 0.3) is 10.8 Å². The van der Waals surface area contributed by atoms with E-state index in [1.807, 2.05) is 50.2 Å². The number of rotatable bonds is 5. The van der Waals surface area contributed by atoms with Crippen LogP contribution in [-0.2, 0) is 0 Å². The summed E-state index contributed by atoms with van der Waals surface area (Å²) < 4.78 is 5.88. The van der Waals surface area contributed by atoms with Crippen molar-refractivity contribution in [2.24, 2.45) is 5.10 Å². The van der Waals surface area contributed by atoms with Crippen LogP contribution in [0.3, 0.4) is 0 Å². The summed E-state index contributed by atoms with van der Waals surface area (Å²) in [5.74, 6) is 0.420. The zero-order valence-corrected chi connectivity index (χ0v) is 14.1. The molecule has 5 nitrogen and oxygen atoms in total. The normalized spacial score (nSPS) is 11.2. The minimum atomic E-state index is -0.309. The van der Waals surface area contributed by atoms with Gasteiger partial charge in [0.2, 0.25) is 0 Å². The molecule has 0 spiro atoms. The summed E-state index contributed by atoms with van der Waals surface area (Å²) >= 11 is 0. The van der Waals surface area contributed by atoms with Crippen LogP contribution in [0, 0.1) is 0 Å². The Morgan fingerprint density at radius 1 is 1.16 bits per heavy atom. The quantitative estimate of drug-likeness (QED) is 0.571. The molecule has 0 unspecified atom stereocenters. The van der Waals surface area contributed by atoms with Crippen molar-refractivity contribution in [2.75, 3.05) is 0 Å². The van der Waals surface area contributed by atoms with Crippen molar-refractivity contribution in [3.63, 3.8) is 0 Å². The lowest BCUT2D eigenvalue weighted by Gasteiger charge is -2.14. The summed E-state index contributed by atoms with van der Waals surface area (Å²) in [4.78, 5) is 16.0. The van der Waals surface area contributed by atoms with Crippen LogP contribution in [0.5, 0.6) is 5.75 Å². The smallest absolute Gasteiger partial charge is 0.272 e. The summed E-state index contributed by atoms with van der Waals surface area (Å²) in [5.41, 5.74) is 3.81. The Kier molecular flexibility index (Phi) is 5.04. The summed E-state index contributed by atoms with van der Waals surface area (Å²) in [6.07, 6.45) is 4.77. The summed E-state index contributed by atoms with van der Waals surface area (Å²) in [6.45, 7) is 3.95. The topological polar surface area (TPSA) is 63.6 Å². The Morgan fingerprint density at radius 3 is 2.76 bits per heavy atom. The maximum Gasteiger partial charge on any atom is 0.272 e. The van der Waals surface area contributed by atoms with Gasteiger partial charge in [-0.15, -0.1) is 0 Å². The number of aromatic nitrogens is 1. The highest BCUT2D eigenvalue weighted by Crippen LogP contribution is 2.27. The lowest BCUT2D eigenvalue weighted by atomic mass is 10.0. The number of hydrogen-bond donors (Lipinski definition) is 1. The number of pyridine rings is 1. The van der Waals surface area contributed by atoms with E-state index in [-0.39, 0.29) is 12.0 Å². The van der Waals surface area contributed by atoms with Crippen molar-refractivity contribution in [1.82, 2.24) is 10.4 Å². The first kappa shape index (κ1) is 16.6. The van der Waals surface area contributed by atoms with Crippen molar-refractivity contribution in [2.45, 2.75) is 20.0 Å². The fraction of sp³-hybridized carbons (Fsp3) is 0.150. The Hall–Kier alpha value is -3.21. The monoisotopic (exact) mass is 333 g/mol. The predicted molar refractivity (Wildman–Crippen MR) is 99.0 cm³/mol. The van der Waals surface area contributed by atoms with E-state index in [4.69, 9.17) is 4.74 Å². The zero-order valence-electron chi connectivity index (χ0n) is 14.1. The SMILES string of the molecule is CC(C)Oc1ccc2ccccc2c1/C=N/NC(=O)c1cccnc1. The highest BCUT2D eigenvalue weighted by molar-refractivity contribution is 6.03. The van der Waals surface area contributed by atoms with Gasteiger partial charge in [-0.2, -0.15) is 5.10 Å². The molecule has 1 amide bonds. The Bertz CT molecular complexity index is 905. The Labute approximate surface area is 146 Å². The molecule has 0 saturated heterocycles. The highest BCUT2D eigenvalue weighted by Gasteiger charge is 2.09. The summed E-state index contributed by atoms with van der Waals surface area (Å²) in [7, 11) is 0. The van der Waals surface area contributed by atoms with Crippen LogP contribution in [0.2, 0.25) is 0 Å². The second kappa shape index (κ2) is 7.57. The number of benzene rings is 2. The van der Waals surface area contributed by atoms with Gasteiger partial charge in [-0.05, 0) is 42.8 Å². The maximum atomic E-state index is 12.1. The van der Waals surface area contributed by atoms with Gasteiger partial charge in [-0.1, -0.05) is 30.3 Å². The van der Waals surface area contributed by atoms with E-state index in [1.54, 1.807) is 24.5 Å². The van der Waals surface area contributed by atoms with Gasteiger partial charge in [-0.25, -0.2) is 5.43 Å². The average Bonchev–Trinajstić information content (AvgIpc) is 2.63. The van der Waals surface area contributed by atoms with Gasteiger partial charge < -0.3 is 4.74 Å². The van der Waals surface area contributed by atoms with Gasteiger partial charge in [-0.3, -0.25) is 9.78 Å². The lowest BCUT2D eigenvalue weighted by molar-refractivity contribution is 0.0954. The number of carbonyl (C=O) groups excluding carboxylic acids is 1. The Morgan fingerprint density at radius 2 is 2.00 bits per heavy atom. The third-order valence-electron chi connectivity index (χ3n) is 3.58. The molecule has 3 rings (SSSR count). The van der Waals surface area contributed by atoms with Crippen LogP contribution in [0.4, 0.5) is 0 Å². The van der Waals surface area contributed by atoms with E-state index < -0.39 is 0 Å². The average molecular weight is 333 g/mol. The van der Waals surface area contributed by atoms with E-state index in [2.05, 4.69) is 15.5 Å². The van der Waals surface area contributed by atoms with Crippen molar-refractivity contribution >= 4 is 22.9 Å². The number of carbonyl (C=O) groups is 1. The maximum absolute atomic E-state index is 12.1. The standard InChI is InChI=1S/C20H19N3O2/c1-14(2)25-19-10-9-15-6-3-4-8-17(15)18(19)13-22-23-20(24)16-7-5-11-21-12-16/h3-14H,1-2H3,(H,23,24)/b22-13+. The number of nitrogens with one attached hydrogen (secondary N) is 1.